The van der Waals surface area contributed by atoms with Crippen LogP contribution in [0.3, 0.4) is 0 Å². The summed E-state index contributed by atoms with van der Waals surface area (Å²) in [6, 6.07) is 24.6. The maximum atomic E-state index is 12.6. The first kappa shape index (κ1) is 21.4. The Balaban J connectivity index is 1.34. The second-order valence-corrected chi connectivity index (χ2v) is 9.12. The van der Waals surface area contributed by atoms with Gasteiger partial charge < -0.3 is 4.74 Å². The standard InChI is InChI=1S/C23H18ClN3O2S2/c24-20-12-5-4-9-18(20)14-29-19-11-6-10-17(13-19)21(28)25-22-26-27-23(31-22)30-15-16-7-2-1-3-8-16/h1-13H,14-15H2,(H,25,26,28). The van der Waals surface area contributed by atoms with Crippen LogP contribution in [0.15, 0.2) is 83.2 Å². The number of halogens is 1. The zero-order chi connectivity index (χ0) is 21.5. The molecular weight excluding hydrogens is 450 g/mol. The average molecular weight is 468 g/mol. The second kappa shape index (κ2) is 10.4. The van der Waals surface area contributed by atoms with Gasteiger partial charge in [0.05, 0.1) is 0 Å². The zero-order valence-electron chi connectivity index (χ0n) is 16.3. The van der Waals surface area contributed by atoms with Crippen molar-refractivity contribution < 1.29 is 9.53 Å². The summed E-state index contributed by atoms with van der Waals surface area (Å²) in [5.74, 6) is 1.12. The van der Waals surface area contributed by atoms with E-state index in [9.17, 15) is 4.79 Å². The normalized spacial score (nSPS) is 10.6. The van der Waals surface area contributed by atoms with E-state index >= 15 is 0 Å². The van der Waals surface area contributed by atoms with Crippen molar-refractivity contribution in [3.05, 3.63) is 101 Å². The van der Waals surface area contributed by atoms with Gasteiger partial charge in [-0.1, -0.05) is 89.3 Å². The van der Waals surface area contributed by atoms with E-state index in [0.29, 0.717) is 28.1 Å². The van der Waals surface area contributed by atoms with Crippen LogP contribution in [0.4, 0.5) is 5.13 Å². The molecule has 0 bridgehead atoms. The minimum absolute atomic E-state index is 0.265. The molecule has 0 aliphatic heterocycles. The summed E-state index contributed by atoms with van der Waals surface area (Å²) in [7, 11) is 0. The number of hydrogen-bond acceptors (Lipinski definition) is 6. The molecule has 1 heterocycles. The predicted octanol–water partition coefficient (Wildman–Crippen LogP) is 6.32. The van der Waals surface area contributed by atoms with Gasteiger partial charge in [0, 0.05) is 21.9 Å². The van der Waals surface area contributed by atoms with Crippen molar-refractivity contribution in [3.63, 3.8) is 0 Å². The number of ether oxygens (including phenoxy) is 1. The molecule has 0 spiro atoms. The van der Waals surface area contributed by atoms with Gasteiger partial charge in [-0.2, -0.15) is 0 Å². The molecule has 31 heavy (non-hydrogen) atoms. The molecule has 0 atom stereocenters. The predicted molar refractivity (Wildman–Crippen MR) is 126 cm³/mol. The Morgan fingerprint density at radius 3 is 2.65 bits per heavy atom. The molecule has 5 nitrogen and oxygen atoms in total. The third kappa shape index (κ3) is 6.07. The molecular formula is C23H18ClN3O2S2. The Hall–Kier alpha value is -2.87. The molecule has 3 aromatic carbocycles. The van der Waals surface area contributed by atoms with Crippen LogP contribution in [0, 0.1) is 0 Å². The minimum Gasteiger partial charge on any atom is -0.489 e. The minimum atomic E-state index is -0.265. The molecule has 4 aromatic rings. The summed E-state index contributed by atoms with van der Waals surface area (Å²) < 4.78 is 6.60. The lowest BCUT2D eigenvalue weighted by atomic mass is 10.2. The van der Waals surface area contributed by atoms with E-state index in [0.717, 1.165) is 15.7 Å². The average Bonchev–Trinajstić information content (AvgIpc) is 3.25. The number of nitrogens with zero attached hydrogens (tertiary/aromatic N) is 2. The molecule has 156 valence electrons. The van der Waals surface area contributed by atoms with Crippen LogP contribution in [0.5, 0.6) is 5.75 Å². The van der Waals surface area contributed by atoms with Crippen LogP contribution >= 0.6 is 34.7 Å². The van der Waals surface area contributed by atoms with Crippen molar-refractivity contribution in [2.75, 3.05) is 5.32 Å². The number of thioether (sulfide) groups is 1. The van der Waals surface area contributed by atoms with Gasteiger partial charge in [-0.15, -0.1) is 10.2 Å². The summed E-state index contributed by atoms with van der Waals surface area (Å²) in [5.41, 5.74) is 2.57. The highest BCUT2D eigenvalue weighted by Gasteiger charge is 2.12. The summed E-state index contributed by atoms with van der Waals surface area (Å²) >= 11 is 9.10. The molecule has 1 N–H and O–H groups in total. The smallest absolute Gasteiger partial charge is 0.257 e. The fourth-order valence-electron chi connectivity index (χ4n) is 2.71. The van der Waals surface area contributed by atoms with Gasteiger partial charge in [0.2, 0.25) is 5.13 Å². The zero-order valence-corrected chi connectivity index (χ0v) is 18.7. The molecule has 0 aliphatic rings. The number of benzene rings is 3. The molecule has 0 aliphatic carbocycles. The van der Waals surface area contributed by atoms with Crippen LogP contribution < -0.4 is 10.1 Å². The number of carbonyl (C=O) groups excluding carboxylic acids is 1. The maximum Gasteiger partial charge on any atom is 0.257 e. The van der Waals surface area contributed by atoms with E-state index in [1.807, 2.05) is 42.5 Å². The van der Waals surface area contributed by atoms with Gasteiger partial charge in [-0.25, -0.2) is 0 Å². The highest BCUT2D eigenvalue weighted by molar-refractivity contribution is 8.00. The lowest BCUT2D eigenvalue weighted by molar-refractivity contribution is 0.102. The molecule has 8 heteroatoms. The number of amides is 1. The van der Waals surface area contributed by atoms with Crippen molar-refractivity contribution >= 4 is 45.7 Å². The van der Waals surface area contributed by atoms with Gasteiger partial charge in [0.1, 0.15) is 12.4 Å². The van der Waals surface area contributed by atoms with Crippen LogP contribution in [0.2, 0.25) is 5.02 Å². The summed E-state index contributed by atoms with van der Waals surface area (Å²) in [4.78, 5) is 12.6. The van der Waals surface area contributed by atoms with Crippen molar-refractivity contribution in [2.24, 2.45) is 0 Å². The first-order chi connectivity index (χ1) is 15.2. The number of aromatic nitrogens is 2. The van der Waals surface area contributed by atoms with Crippen LogP contribution in [0.25, 0.3) is 0 Å². The Labute approximate surface area is 193 Å². The molecule has 0 saturated heterocycles. The Morgan fingerprint density at radius 1 is 1.00 bits per heavy atom. The van der Waals surface area contributed by atoms with Gasteiger partial charge in [-0.05, 0) is 29.8 Å². The van der Waals surface area contributed by atoms with Gasteiger partial charge in [-0.3, -0.25) is 10.1 Å². The van der Waals surface area contributed by atoms with Crippen LogP contribution in [-0.2, 0) is 12.4 Å². The number of rotatable bonds is 8. The van der Waals surface area contributed by atoms with E-state index in [4.69, 9.17) is 16.3 Å². The van der Waals surface area contributed by atoms with Crippen molar-refractivity contribution in [1.82, 2.24) is 10.2 Å². The number of carbonyl (C=O) groups is 1. The first-order valence-electron chi connectivity index (χ1n) is 9.45. The fraction of sp³-hybridized carbons (Fsp3) is 0.0870. The van der Waals surface area contributed by atoms with Crippen molar-refractivity contribution in [3.8, 4) is 5.75 Å². The topological polar surface area (TPSA) is 64.1 Å². The lowest BCUT2D eigenvalue weighted by Crippen LogP contribution is -2.11. The Morgan fingerprint density at radius 2 is 1.81 bits per heavy atom. The van der Waals surface area contributed by atoms with E-state index < -0.39 is 0 Å². The molecule has 0 radical (unpaired) electrons. The first-order valence-corrected chi connectivity index (χ1v) is 11.6. The molecule has 1 amide bonds. The second-order valence-electron chi connectivity index (χ2n) is 6.51. The number of hydrogen-bond donors (Lipinski definition) is 1. The maximum absolute atomic E-state index is 12.6. The van der Waals surface area contributed by atoms with E-state index in [1.54, 1.807) is 36.0 Å². The summed E-state index contributed by atoms with van der Waals surface area (Å²) in [6.07, 6.45) is 0. The monoisotopic (exact) mass is 467 g/mol. The molecule has 1 aromatic heterocycles. The molecule has 0 unspecified atom stereocenters. The Bertz CT molecular complexity index is 1170. The van der Waals surface area contributed by atoms with Crippen molar-refractivity contribution in [2.45, 2.75) is 16.7 Å². The number of nitrogens with one attached hydrogen (secondary N) is 1. The van der Waals surface area contributed by atoms with E-state index in [2.05, 4.69) is 27.6 Å². The Kier molecular flexibility index (Phi) is 7.19. The SMILES string of the molecule is O=C(Nc1nnc(SCc2ccccc2)s1)c1cccc(OCc2ccccc2Cl)c1. The molecule has 4 rings (SSSR count). The van der Waals surface area contributed by atoms with Gasteiger partial charge in [0.25, 0.3) is 5.91 Å². The largest absolute Gasteiger partial charge is 0.489 e. The fourth-order valence-corrected chi connectivity index (χ4v) is 4.60. The summed E-state index contributed by atoms with van der Waals surface area (Å²) in [5, 5.41) is 12.1. The van der Waals surface area contributed by atoms with E-state index in [-0.39, 0.29) is 5.91 Å². The highest BCUT2D eigenvalue weighted by Crippen LogP contribution is 2.28. The number of anilines is 1. The van der Waals surface area contributed by atoms with Gasteiger partial charge in [0.15, 0.2) is 4.34 Å². The van der Waals surface area contributed by atoms with Crippen LogP contribution in [0.1, 0.15) is 21.5 Å². The quantitative estimate of drug-likeness (QED) is 0.243. The highest BCUT2D eigenvalue weighted by atomic mass is 35.5. The van der Waals surface area contributed by atoms with Gasteiger partial charge >= 0.3 is 0 Å². The summed E-state index contributed by atoms with van der Waals surface area (Å²) in [6.45, 7) is 0.323. The van der Waals surface area contributed by atoms with E-state index in [1.165, 1.54) is 16.9 Å². The lowest BCUT2D eigenvalue weighted by Gasteiger charge is -2.09. The van der Waals surface area contributed by atoms with Crippen molar-refractivity contribution in [1.29, 1.82) is 0 Å². The van der Waals surface area contributed by atoms with Crippen LogP contribution in [-0.4, -0.2) is 16.1 Å². The molecule has 0 fully saturated rings. The molecule has 0 saturated carbocycles. The third-order valence-corrected chi connectivity index (χ3v) is 6.69. The third-order valence-electron chi connectivity index (χ3n) is 4.28.